The van der Waals surface area contributed by atoms with Crippen LogP contribution < -0.4 is 0 Å². The molecule has 0 aromatic heterocycles. The number of hydrogen-bond acceptors (Lipinski definition) is 1. The van der Waals surface area contributed by atoms with Crippen molar-refractivity contribution in [2.75, 3.05) is 6.61 Å². The number of unbranched alkanes of at least 4 members (excludes halogenated alkanes) is 1. The van der Waals surface area contributed by atoms with E-state index in [4.69, 9.17) is 5.11 Å². The van der Waals surface area contributed by atoms with E-state index < -0.39 is 0 Å². The molecule has 0 aliphatic heterocycles. The summed E-state index contributed by atoms with van der Waals surface area (Å²) >= 11 is 0. The summed E-state index contributed by atoms with van der Waals surface area (Å²) in [6.45, 7) is 2.30. The van der Waals surface area contributed by atoms with E-state index in [-0.39, 0.29) is 6.61 Å². The number of aliphatic hydroxyl groups is 1. The first-order chi connectivity index (χ1) is 9.41. The summed E-state index contributed by atoms with van der Waals surface area (Å²) in [5.74, 6) is 0. The Hall–Kier alpha value is -1.34. The number of hydrogen-bond donors (Lipinski definition) is 1. The molecule has 1 N–H and O–H groups in total. The summed E-state index contributed by atoms with van der Waals surface area (Å²) in [5, 5.41) is 8.55. The summed E-state index contributed by atoms with van der Waals surface area (Å²) in [6, 6.07) is 0. The molecule has 0 rings (SSSR count). The minimum Gasteiger partial charge on any atom is -0.392 e. The Morgan fingerprint density at radius 2 is 1.00 bits per heavy atom. The minimum absolute atomic E-state index is 0.147. The van der Waals surface area contributed by atoms with Gasteiger partial charge in [0.2, 0.25) is 0 Å². The van der Waals surface area contributed by atoms with Crippen LogP contribution in [0.4, 0.5) is 0 Å². The average Bonchev–Trinajstić information content (AvgIpc) is 2.43. The van der Waals surface area contributed by atoms with Gasteiger partial charge in [0.15, 0.2) is 0 Å². The highest BCUT2D eigenvalue weighted by Gasteiger charge is 1.77. The maximum Gasteiger partial charge on any atom is 0.0612 e. The molecule has 0 amide bonds. The molecule has 0 radical (unpaired) electrons. The van der Waals surface area contributed by atoms with Crippen molar-refractivity contribution in [3.8, 4) is 0 Å². The van der Waals surface area contributed by atoms with Gasteiger partial charge in [-0.2, -0.15) is 0 Å². The SMILES string of the molecule is CC/C=C\C/C=C\C/C=C\C/C=C\CC/C=C/CO. The van der Waals surface area contributed by atoms with Crippen LogP contribution in [0.15, 0.2) is 60.8 Å². The van der Waals surface area contributed by atoms with Crippen LogP contribution in [0.5, 0.6) is 0 Å². The molecule has 0 aliphatic carbocycles. The highest BCUT2D eigenvalue weighted by molar-refractivity contribution is 4.99. The van der Waals surface area contributed by atoms with E-state index >= 15 is 0 Å². The van der Waals surface area contributed by atoms with Crippen molar-refractivity contribution in [1.82, 2.24) is 0 Å². The third-order valence-electron chi connectivity index (χ3n) is 2.49. The van der Waals surface area contributed by atoms with Gasteiger partial charge in [-0.15, -0.1) is 0 Å². The molecule has 0 aliphatic rings. The lowest BCUT2D eigenvalue weighted by molar-refractivity contribution is 0.342. The van der Waals surface area contributed by atoms with Crippen LogP contribution >= 0.6 is 0 Å². The van der Waals surface area contributed by atoms with Crippen LogP contribution in [-0.4, -0.2) is 11.7 Å². The molecular weight excluding hydrogens is 232 g/mol. The third kappa shape index (κ3) is 16.7. The predicted molar refractivity (Wildman–Crippen MR) is 86.2 cm³/mol. The molecule has 1 heteroatoms. The fourth-order valence-electron chi connectivity index (χ4n) is 1.48. The van der Waals surface area contributed by atoms with Crippen molar-refractivity contribution >= 4 is 0 Å². The van der Waals surface area contributed by atoms with Gasteiger partial charge in [-0.25, -0.2) is 0 Å². The lowest BCUT2D eigenvalue weighted by atomic mass is 10.2. The zero-order valence-electron chi connectivity index (χ0n) is 12.2. The van der Waals surface area contributed by atoms with Crippen LogP contribution in [0.25, 0.3) is 0 Å². The number of rotatable bonds is 11. The number of aliphatic hydroxyl groups excluding tert-OH is 1. The van der Waals surface area contributed by atoms with Gasteiger partial charge in [0, 0.05) is 0 Å². The second-order valence-corrected chi connectivity index (χ2v) is 4.23. The van der Waals surface area contributed by atoms with E-state index in [1.807, 2.05) is 6.08 Å². The first kappa shape index (κ1) is 17.7. The third-order valence-corrected chi connectivity index (χ3v) is 2.49. The summed E-state index contributed by atoms with van der Waals surface area (Å²) in [4.78, 5) is 0. The molecule has 106 valence electrons. The van der Waals surface area contributed by atoms with Gasteiger partial charge in [-0.1, -0.05) is 67.7 Å². The Balaban J connectivity index is 3.40. The Morgan fingerprint density at radius 1 is 0.579 bits per heavy atom. The first-order valence-electron chi connectivity index (χ1n) is 7.27. The monoisotopic (exact) mass is 260 g/mol. The fourth-order valence-corrected chi connectivity index (χ4v) is 1.48. The smallest absolute Gasteiger partial charge is 0.0612 e. The standard InChI is InChI=1S/C18H28O/c1-2-3-4-5-6-7-8-9-10-11-12-13-14-15-16-17-18-19/h3-4,6-7,9-10,12-13,16-17,19H,2,5,8,11,14-15,18H2,1H3/b4-3-,7-6-,10-9-,13-12-,17-16+. The van der Waals surface area contributed by atoms with E-state index in [1.54, 1.807) is 6.08 Å². The minimum atomic E-state index is 0.147. The number of allylic oxidation sites excluding steroid dienone is 9. The second kappa shape index (κ2) is 16.7. The van der Waals surface area contributed by atoms with Crippen LogP contribution in [0.3, 0.4) is 0 Å². The van der Waals surface area contributed by atoms with Gasteiger partial charge in [-0.3, -0.25) is 0 Å². The van der Waals surface area contributed by atoms with E-state index in [0.29, 0.717) is 0 Å². The van der Waals surface area contributed by atoms with Crippen LogP contribution in [0.2, 0.25) is 0 Å². The van der Waals surface area contributed by atoms with Crippen molar-refractivity contribution < 1.29 is 5.11 Å². The van der Waals surface area contributed by atoms with E-state index in [9.17, 15) is 0 Å². The van der Waals surface area contributed by atoms with Gasteiger partial charge in [0.25, 0.3) is 0 Å². The maximum absolute atomic E-state index is 8.55. The van der Waals surface area contributed by atoms with Gasteiger partial charge < -0.3 is 5.11 Å². The highest BCUT2D eigenvalue weighted by Crippen LogP contribution is 1.97. The lowest BCUT2D eigenvalue weighted by Gasteiger charge is -1.87. The van der Waals surface area contributed by atoms with Crippen molar-refractivity contribution in [1.29, 1.82) is 0 Å². The maximum atomic E-state index is 8.55. The second-order valence-electron chi connectivity index (χ2n) is 4.23. The largest absolute Gasteiger partial charge is 0.392 e. The molecule has 0 unspecified atom stereocenters. The zero-order valence-corrected chi connectivity index (χ0v) is 12.2. The molecule has 0 aromatic carbocycles. The highest BCUT2D eigenvalue weighted by atomic mass is 16.2. The zero-order chi connectivity index (χ0) is 14.0. The molecular formula is C18H28O. The van der Waals surface area contributed by atoms with Crippen LogP contribution in [-0.2, 0) is 0 Å². The molecule has 0 saturated carbocycles. The average molecular weight is 260 g/mol. The van der Waals surface area contributed by atoms with Crippen LogP contribution in [0.1, 0.15) is 45.4 Å². The molecule has 0 spiro atoms. The normalized spacial score (nSPS) is 13.2. The first-order valence-corrected chi connectivity index (χ1v) is 7.27. The van der Waals surface area contributed by atoms with E-state index in [2.05, 4.69) is 55.5 Å². The van der Waals surface area contributed by atoms with Gasteiger partial charge in [-0.05, 0) is 38.5 Å². The molecule has 0 aromatic rings. The molecule has 0 bridgehead atoms. The molecule has 0 atom stereocenters. The van der Waals surface area contributed by atoms with Crippen molar-refractivity contribution in [3.63, 3.8) is 0 Å². The summed E-state index contributed by atoms with van der Waals surface area (Å²) in [7, 11) is 0. The van der Waals surface area contributed by atoms with Gasteiger partial charge >= 0.3 is 0 Å². The Labute approximate surface area is 118 Å². The van der Waals surface area contributed by atoms with Crippen LogP contribution in [0, 0.1) is 0 Å². The molecule has 1 nitrogen and oxygen atoms in total. The fraction of sp³-hybridized carbons (Fsp3) is 0.444. The van der Waals surface area contributed by atoms with Crippen molar-refractivity contribution in [3.05, 3.63) is 60.8 Å². The molecule has 0 heterocycles. The molecule has 0 saturated heterocycles. The summed E-state index contributed by atoms with van der Waals surface area (Å²) in [5.41, 5.74) is 0. The van der Waals surface area contributed by atoms with Crippen molar-refractivity contribution in [2.45, 2.75) is 45.4 Å². The van der Waals surface area contributed by atoms with E-state index in [1.165, 1.54) is 0 Å². The summed E-state index contributed by atoms with van der Waals surface area (Å²) in [6.07, 6.45) is 27.7. The van der Waals surface area contributed by atoms with Gasteiger partial charge in [0.1, 0.15) is 0 Å². The molecule has 0 fully saturated rings. The molecule has 19 heavy (non-hydrogen) atoms. The topological polar surface area (TPSA) is 20.2 Å². The Morgan fingerprint density at radius 3 is 1.47 bits per heavy atom. The van der Waals surface area contributed by atoms with E-state index in [0.717, 1.165) is 38.5 Å². The Kier molecular flexibility index (Phi) is 15.5. The quantitative estimate of drug-likeness (QED) is 0.404. The van der Waals surface area contributed by atoms with Crippen molar-refractivity contribution in [2.24, 2.45) is 0 Å². The summed E-state index contributed by atoms with van der Waals surface area (Å²) < 4.78 is 0. The lowest BCUT2D eigenvalue weighted by Crippen LogP contribution is -1.71. The predicted octanol–water partition coefficient (Wildman–Crippen LogP) is 5.12. The Bertz CT molecular complexity index is 306. The van der Waals surface area contributed by atoms with Gasteiger partial charge in [0.05, 0.1) is 6.61 Å².